The third-order valence-corrected chi connectivity index (χ3v) is 4.62. The Hall–Kier alpha value is -1.10. The van der Waals surface area contributed by atoms with Crippen molar-refractivity contribution in [3.63, 3.8) is 0 Å². The Kier molecular flexibility index (Phi) is 5.02. The molecule has 5 nitrogen and oxygen atoms in total. The van der Waals surface area contributed by atoms with Crippen molar-refractivity contribution in [1.82, 2.24) is 15.1 Å². The van der Waals surface area contributed by atoms with Gasteiger partial charge in [-0.2, -0.15) is 0 Å². The number of nitrogens with zero attached hydrogens (tertiary/aromatic N) is 2. The summed E-state index contributed by atoms with van der Waals surface area (Å²) in [5, 5.41) is 3.22. The fraction of sp³-hybridized carbons (Fsp3) is 0.867. The molecule has 0 radical (unpaired) electrons. The highest BCUT2D eigenvalue weighted by atomic mass is 16.2. The van der Waals surface area contributed by atoms with E-state index in [0.717, 1.165) is 38.1 Å². The van der Waals surface area contributed by atoms with Crippen LogP contribution in [-0.4, -0.2) is 61.4 Å². The minimum Gasteiger partial charge on any atom is -0.347 e. The average molecular weight is 281 g/mol. The zero-order chi connectivity index (χ0) is 14.7. The topological polar surface area (TPSA) is 52.7 Å². The van der Waals surface area contributed by atoms with E-state index in [2.05, 4.69) is 12.2 Å². The quantitative estimate of drug-likeness (QED) is 0.811. The second-order valence-corrected chi connectivity index (χ2v) is 6.44. The summed E-state index contributed by atoms with van der Waals surface area (Å²) >= 11 is 0. The molecule has 2 rings (SSSR count). The van der Waals surface area contributed by atoms with Gasteiger partial charge in [-0.1, -0.05) is 6.92 Å². The van der Waals surface area contributed by atoms with Gasteiger partial charge in [0.15, 0.2) is 0 Å². The maximum absolute atomic E-state index is 12.7. The lowest BCUT2D eigenvalue weighted by Crippen LogP contribution is -2.60. The van der Waals surface area contributed by atoms with Gasteiger partial charge >= 0.3 is 0 Å². The third kappa shape index (κ3) is 3.32. The normalized spacial score (nSPS) is 30.9. The second-order valence-electron chi connectivity index (χ2n) is 6.44. The van der Waals surface area contributed by atoms with E-state index in [1.807, 2.05) is 4.90 Å². The summed E-state index contributed by atoms with van der Waals surface area (Å²) in [4.78, 5) is 28.4. The summed E-state index contributed by atoms with van der Waals surface area (Å²) < 4.78 is 0. The minimum atomic E-state index is -0.328. The van der Waals surface area contributed by atoms with Crippen LogP contribution in [0.3, 0.4) is 0 Å². The molecule has 1 atom stereocenters. The average Bonchev–Trinajstić information content (AvgIpc) is 2.46. The van der Waals surface area contributed by atoms with E-state index < -0.39 is 0 Å². The van der Waals surface area contributed by atoms with E-state index in [-0.39, 0.29) is 23.8 Å². The standard InChI is InChI=1S/C15H27N3O2/c1-11-4-6-12(7-5-11)14(19)18-9-8-16-10-13(18)15(20)17(2)3/h11-13,16H,4-10H2,1-3H3. The molecule has 1 aliphatic carbocycles. The van der Waals surface area contributed by atoms with Crippen molar-refractivity contribution in [2.45, 2.75) is 38.6 Å². The first-order chi connectivity index (χ1) is 9.50. The van der Waals surface area contributed by atoms with Crippen molar-refractivity contribution in [3.05, 3.63) is 0 Å². The van der Waals surface area contributed by atoms with Gasteiger partial charge in [0.1, 0.15) is 6.04 Å². The van der Waals surface area contributed by atoms with E-state index >= 15 is 0 Å². The van der Waals surface area contributed by atoms with Gasteiger partial charge in [0.2, 0.25) is 11.8 Å². The fourth-order valence-electron chi connectivity index (χ4n) is 3.23. The molecule has 1 saturated carbocycles. The Bertz CT molecular complexity index is 362. The summed E-state index contributed by atoms with van der Waals surface area (Å²) in [6.07, 6.45) is 4.23. The Morgan fingerprint density at radius 1 is 1.15 bits per heavy atom. The van der Waals surface area contributed by atoms with Crippen molar-refractivity contribution in [1.29, 1.82) is 0 Å². The maximum Gasteiger partial charge on any atom is 0.246 e. The van der Waals surface area contributed by atoms with E-state index in [1.165, 1.54) is 0 Å². The molecule has 1 saturated heterocycles. The second kappa shape index (κ2) is 6.57. The van der Waals surface area contributed by atoms with E-state index in [1.54, 1.807) is 19.0 Å². The van der Waals surface area contributed by atoms with Crippen LogP contribution in [0.15, 0.2) is 0 Å². The lowest BCUT2D eigenvalue weighted by molar-refractivity contribution is -0.148. The zero-order valence-electron chi connectivity index (χ0n) is 12.9. The molecular formula is C15H27N3O2. The van der Waals surface area contributed by atoms with Gasteiger partial charge in [0.05, 0.1) is 0 Å². The summed E-state index contributed by atoms with van der Waals surface area (Å²) in [5.74, 6) is 1.08. The van der Waals surface area contributed by atoms with Crippen LogP contribution < -0.4 is 5.32 Å². The largest absolute Gasteiger partial charge is 0.347 e. The number of piperazine rings is 1. The number of likely N-dealkylation sites (N-methyl/N-ethyl adjacent to an activating group) is 1. The van der Waals surface area contributed by atoms with Gasteiger partial charge in [0, 0.05) is 39.6 Å². The van der Waals surface area contributed by atoms with E-state index in [0.29, 0.717) is 13.1 Å². The van der Waals surface area contributed by atoms with Crippen molar-refractivity contribution < 1.29 is 9.59 Å². The predicted octanol–water partition coefficient (Wildman–Crippen LogP) is 0.701. The monoisotopic (exact) mass is 281 g/mol. The molecule has 2 fully saturated rings. The van der Waals surface area contributed by atoms with Crippen LogP contribution in [0, 0.1) is 11.8 Å². The van der Waals surface area contributed by atoms with E-state index in [9.17, 15) is 9.59 Å². The van der Waals surface area contributed by atoms with Crippen LogP contribution in [0.5, 0.6) is 0 Å². The van der Waals surface area contributed by atoms with Gasteiger partial charge in [-0.3, -0.25) is 9.59 Å². The molecule has 20 heavy (non-hydrogen) atoms. The Morgan fingerprint density at radius 3 is 2.40 bits per heavy atom. The zero-order valence-corrected chi connectivity index (χ0v) is 12.9. The molecule has 0 spiro atoms. The molecule has 1 heterocycles. The molecule has 1 unspecified atom stereocenters. The van der Waals surface area contributed by atoms with Crippen molar-refractivity contribution in [2.75, 3.05) is 33.7 Å². The van der Waals surface area contributed by atoms with Crippen LogP contribution in [-0.2, 0) is 9.59 Å². The third-order valence-electron chi connectivity index (χ3n) is 4.62. The van der Waals surface area contributed by atoms with Crippen LogP contribution in [0.2, 0.25) is 0 Å². The fourth-order valence-corrected chi connectivity index (χ4v) is 3.23. The number of rotatable bonds is 2. The Balaban J connectivity index is 2.03. The van der Waals surface area contributed by atoms with Crippen molar-refractivity contribution in [2.24, 2.45) is 11.8 Å². The predicted molar refractivity (Wildman–Crippen MR) is 78.2 cm³/mol. The van der Waals surface area contributed by atoms with Crippen LogP contribution in [0.25, 0.3) is 0 Å². The smallest absolute Gasteiger partial charge is 0.246 e. The van der Waals surface area contributed by atoms with Gasteiger partial charge in [0.25, 0.3) is 0 Å². The molecule has 2 aliphatic rings. The van der Waals surface area contributed by atoms with Gasteiger partial charge in [-0.05, 0) is 31.6 Å². The molecule has 0 aromatic rings. The molecule has 0 aromatic carbocycles. The van der Waals surface area contributed by atoms with Gasteiger partial charge in [-0.25, -0.2) is 0 Å². The number of carbonyl (C=O) groups is 2. The molecule has 2 amide bonds. The van der Waals surface area contributed by atoms with Crippen LogP contribution >= 0.6 is 0 Å². The highest BCUT2D eigenvalue weighted by Crippen LogP contribution is 2.30. The number of hydrogen-bond donors (Lipinski definition) is 1. The minimum absolute atomic E-state index is 0.0229. The summed E-state index contributed by atoms with van der Waals surface area (Å²) in [6.45, 7) is 4.26. The molecule has 5 heteroatoms. The Morgan fingerprint density at radius 2 is 1.80 bits per heavy atom. The molecule has 0 bridgehead atoms. The van der Waals surface area contributed by atoms with Gasteiger partial charge in [-0.15, -0.1) is 0 Å². The lowest BCUT2D eigenvalue weighted by atomic mass is 9.82. The first-order valence-electron chi connectivity index (χ1n) is 7.73. The number of carbonyl (C=O) groups excluding carboxylic acids is 2. The first kappa shape index (κ1) is 15.3. The van der Waals surface area contributed by atoms with Crippen LogP contribution in [0.4, 0.5) is 0 Å². The van der Waals surface area contributed by atoms with Crippen molar-refractivity contribution >= 4 is 11.8 Å². The summed E-state index contributed by atoms with van der Waals surface area (Å²) in [6, 6.07) is -0.328. The molecular weight excluding hydrogens is 254 g/mol. The molecule has 114 valence electrons. The molecule has 0 aromatic heterocycles. The van der Waals surface area contributed by atoms with Gasteiger partial charge < -0.3 is 15.1 Å². The van der Waals surface area contributed by atoms with E-state index in [4.69, 9.17) is 0 Å². The van der Waals surface area contributed by atoms with Crippen molar-refractivity contribution in [3.8, 4) is 0 Å². The Labute approximate surface area is 121 Å². The highest BCUT2D eigenvalue weighted by molar-refractivity contribution is 5.88. The summed E-state index contributed by atoms with van der Waals surface area (Å²) in [7, 11) is 3.50. The highest BCUT2D eigenvalue weighted by Gasteiger charge is 2.36. The van der Waals surface area contributed by atoms with Crippen LogP contribution in [0.1, 0.15) is 32.6 Å². The number of nitrogens with one attached hydrogen (secondary N) is 1. The maximum atomic E-state index is 12.7. The lowest BCUT2D eigenvalue weighted by Gasteiger charge is -2.39. The molecule has 1 N–H and O–H groups in total. The number of hydrogen-bond acceptors (Lipinski definition) is 3. The number of amides is 2. The first-order valence-corrected chi connectivity index (χ1v) is 7.73. The SMILES string of the molecule is CC1CCC(C(=O)N2CCNCC2C(=O)N(C)C)CC1. The summed E-state index contributed by atoms with van der Waals surface area (Å²) in [5.41, 5.74) is 0. The molecule has 1 aliphatic heterocycles.